The van der Waals surface area contributed by atoms with Crippen molar-refractivity contribution in [1.29, 1.82) is 10.5 Å². The first kappa shape index (κ1) is 30.5. The van der Waals surface area contributed by atoms with Crippen molar-refractivity contribution in [3.8, 4) is 40.1 Å². The number of rotatable bonds is 7. The molecule has 0 aliphatic heterocycles. The summed E-state index contributed by atoms with van der Waals surface area (Å²) in [6.45, 7) is 6.82. The SMILES string of the molecule is C=Cc1c(/C=C\C)c2ccccc2n1Cc1ccc(C#N)cc1-c1ccc(-c2cc(C#N)ccc2-n2c3ccccc3c3ccccc32)cc1. The van der Waals surface area contributed by atoms with Crippen LogP contribution in [0, 0.1) is 22.7 Å². The van der Waals surface area contributed by atoms with Crippen LogP contribution in [0.15, 0.2) is 146 Å². The zero-order valence-corrected chi connectivity index (χ0v) is 27.6. The number of hydrogen-bond donors (Lipinski definition) is 0. The fraction of sp³-hybridized carbons (Fsp3) is 0.0435. The molecule has 0 amide bonds. The molecule has 8 rings (SSSR count). The van der Waals surface area contributed by atoms with Crippen LogP contribution < -0.4 is 0 Å². The Morgan fingerprint density at radius 2 is 1.16 bits per heavy atom. The molecule has 0 aliphatic carbocycles. The van der Waals surface area contributed by atoms with Crippen molar-refractivity contribution in [3.63, 3.8) is 0 Å². The Labute approximate surface area is 291 Å². The highest BCUT2D eigenvalue weighted by Crippen LogP contribution is 2.38. The second-order valence-electron chi connectivity index (χ2n) is 12.4. The Bertz CT molecular complexity index is 2670. The van der Waals surface area contributed by atoms with Gasteiger partial charge in [0.1, 0.15) is 0 Å². The van der Waals surface area contributed by atoms with E-state index in [0.29, 0.717) is 17.7 Å². The van der Waals surface area contributed by atoms with Crippen LogP contribution in [-0.2, 0) is 6.54 Å². The van der Waals surface area contributed by atoms with E-state index >= 15 is 0 Å². The highest BCUT2D eigenvalue weighted by molar-refractivity contribution is 6.09. The Hall–Kier alpha value is -6.88. The largest absolute Gasteiger partial charge is 0.336 e. The van der Waals surface area contributed by atoms with Crippen LogP contribution >= 0.6 is 0 Å². The molecule has 0 N–H and O–H groups in total. The van der Waals surface area contributed by atoms with E-state index in [9.17, 15) is 10.5 Å². The maximum absolute atomic E-state index is 9.91. The predicted octanol–water partition coefficient (Wildman–Crippen LogP) is 11.5. The maximum Gasteiger partial charge on any atom is 0.0991 e. The van der Waals surface area contributed by atoms with E-state index in [1.54, 1.807) is 0 Å². The smallest absolute Gasteiger partial charge is 0.0991 e. The van der Waals surface area contributed by atoms with Gasteiger partial charge in [0, 0.05) is 45.0 Å². The zero-order chi connectivity index (χ0) is 34.2. The lowest BCUT2D eigenvalue weighted by Gasteiger charge is -2.16. The Morgan fingerprint density at radius 3 is 1.76 bits per heavy atom. The summed E-state index contributed by atoms with van der Waals surface area (Å²) >= 11 is 0. The van der Waals surface area contributed by atoms with Gasteiger partial charge in [-0.25, -0.2) is 0 Å². The lowest BCUT2D eigenvalue weighted by molar-refractivity contribution is 0.828. The molecule has 0 saturated carbocycles. The molecule has 2 aromatic heterocycles. The molecule has 0 fully saturated rings. The summed E-state index contributed by atoms with van der Waals surface area (Å²) in [7, 11) is 0. The van der Waals surface area contributed by atoms with Gasteiger partial charge in [-0.05, 0) is 83.8 Å². The van der Waals surface area contributed by atoms with Crippen molar-refractivity contribution in [1.82, 2.24) is 9.13 Å². The summed E-state index contributed by atoms with van der Waals surface area (Å²) in [6.07, 6.45) is 6.13. The Morgan fingerprint density at radius 1 is 0.620 bits per heavy atom. The van der Waals surface area contributed by atoms with Crippen LogP contribution in [0.25, 0.3) is 72.8 Å². The first-order valence-corrected chi connectivity index (χ1v) is 16.7. The predicted molar refractivity (Wildman–Crippen MR) is 207 cm³/mol. The number of aromatic nitrogens is 2. The third-order valence-corrected chi connectivity index (χ3v) is 9.60. The van der Waals surface area contributed by atoms with Crippen molar-refractivity contribution < 1.29 is 0 Å². The number of allylic oxidation sites excluding steroid dienone is 1. The minimum Gasteiger partial charge on any atom is -0.336 e. The van der Waals surface area contributed by atoms with Gasteiger partial charge in [-0.3, -0.25) is 0 Å². The highest BCUT2D eigenvalue weighted by atomic mass is 15.0. The monoisotopic (exact) mass is 640 g/mol. The van der Waals surface area contributed by atoms with Gasteiger partial charge >= 0.3 is 0 Å². The third kappa shape index (κ3) is 4.99. The summed E-state index contributed by atoms with van der Waals surface area (Å²) in [4.78, 5) is 0. The molecule has 8 aromatic rings. The normalized spacial score (nSPS) is 11.3. The first-order chi connectivity index (χ1) is 24.6. The molecule has 2 heterocycles. The average molecular weight is 641 g/mol. The number of nitrogens with zero attached hydrogens (tertiary/aromatic N) is 4. The zero-order valence-electron chi connectivity index (χ0n) is 27.6. The topological polar surface area (TPSA) is 57.4 Å². The van der Waals surface area contributed by atoms with Crippen molar-refractivity contribution in [3.05, 3.63) is 174 Å². The molecule has 0 radical (unpaired) electrons. The maximum atomic E-state index is 9.91. The van der Waals surface area contributed by atoms with E-state index in [-0.39, 0.29) is 0 Å². The van der Waals surface area contributed by atoms with Gasteiger partial charge in [-0.1, -0.05) is 104 Å². The fourth-order valence-electron chi connectivity index (χ4n) is 7.35. The van der Waals surface area contributed by atoms with Gasteiger partial charge in [0.2, 0.25) is 0 Å². The molecule has 0 bridgehead atoms. The van der Waals surface area contributed by atoms with Crippen molar-refractivity contribution in [2.75, 3.05) is 0 Å². The quantitative estimate of drug-likeness (QED) is 0.174. The standard InChI is InChI=1S/C46H32N4/c1-3-11-36-37-12-5-8-15-43(37)49(42(36)4-2)30-35-20-18-31(28-47)26-40(35)33-21-23-34(24-22-33)41-27-32(29-48)19-25-46(41)50-44-16-9-6-13-38(44)39-14-7-10-17-45(39)50/h3-27H,2,30H2,1H3/b11-3-. The number of nitriles is 2. The third-order valence-electron chi connectivity index (χ3n) is 9.60. The number of para-hydroxylation sites is 3. The average Bonchev–Trinajstić information content (AvgIpc) is 3.67. The van der Waals surface area contributed by atoms with E-state index in [0.717, 1.165) is 61.3 Å². The van der Waals surface area contributed by atoms with E-state index in [1.807, 2.05) is 37.3 Å². The van der Waals surface area contributed by atoms with Gasteiger partial charge < -0.3 is 9.13 Å². The van der Waals surface area contributed by atoms with Gasteiger partial charge in [-0.2, -0.15) is 10.5 Å². The van der Waals surface area contributed by atoms with Crippen LogP contribution in [0.3, 0.4) is 0 Å². The van der Waals surface area contributed by atoms with E-state index < -0.39 is 0 Å². The lowest BCUT2D eigenvalue weighted by atomic mass is 9.94. The molecule has 4 heteroatoms. The fourth-order valence-corrected chi connectivity index (χ4v) is 7.35. The van der Waals surface area contributed by atoms with E-state index in [4.69, 9.17) is 0 Å². The van der Waals surface area contributed by atoms with Crippen molar-refractivity contribution >= 4 is 44.9 Å². The van der Waals surface area contributed by atoms with E-state index in [2.05, 4.69) is 149 Å². The summed E-state index contributed by atoms with van der Waals surface area (Å²) < 4.78 is 4.60. The first-order valence-electron chi connectivity index (χ1n) is 16.7. The van der Waals surface area contributed by atoms with Crippen LogP contribution in [0.1, 0.15) is 34.9 Å². The Kier molecular flexibility index (Phi) is 7.69. The molecule has 6 aromatic carbocycles. The van der Waals surface area contributed by atoms with Crippen molar-refractivity contribution in [2.45, 2.75) is 13.5 Å². The lowest BCUT2D eigenvalue weighted by Crippen LogP contribution is -2.04. The summed E-state index contributed by atoms with van der Waals surface area (Å²) in [5.41, 5.74) is 12.9. The van der Waals surface area contributed by atoms with Gasteiger partial charge in [0.15, 0.2) is 0 Å². The van der Waals surface area contributed by atoms with Gasteiger partial charge in [-0.15, -0.1) is 0 Å². The minimum atomic E-state index is 0.604. The minimum absolute atomic E-state index is 0.604. The van der Waals surface area contributed by atoms with Crippen LogP contribution in [0.5, 0.6) is 0 Å². The van der Waals surface area contributed by atoms with Crippen molar-refractivity contribution in [2.24, 2.45) is 0 Å². The second-order valence-corrected chi connectivity index (χ2v) is 12.4. The number of fused-ring (bicyclic) bond motifs is 4. The van der Waals surface area contributed by atoms with Crippen LogP contribution in [0.4, 0.5) is 0 Å². The van der Waals surface area contributed by atoms with Gasteiger partial charge in [0.25, 0.3) is 0 Å². The number of hydrogen-bond acceptors (Lipinski definition) is 2. The molecular weight excluding hydrogens is 609 g/mol. The molecule has 236 valence electrons. The summed E-state index contributed by atoms with van der Waals surface area (Å²) in [6, 6.07) is 50.4. The molecule has 0 unspecified atom stereocenters. The molecule has 0 saturated heterocycles. The summed E-state index contributed by atoms with van der Waals surface area (Å²) in [5, 5.41) is 23.3. The Balaban J connectivity index is 1.26. The highest BCUT2D eigenvalue weighted by Gasteiger charge is 2.18. The van der Waals surface area contributed by atoms with E-state index in [1.165, 1.54) is 16.2 Å². The van der Waals surface area contributed by atoms with Crippen LogP contribution in [-0.4, -0.2) is 9.13 Å². The van der Waals surface area contributed by atoms with Crippen LogP contribution in [0.2, 0.25) is 0 Å². The summed E-state index contributed by atoms with van der Waals surface area (Å²) in [5.74, 6) is 0. The molecule has 50 heavy (non-hydrogen) atoms. The van der Waals surface area contributed by atoms with Gasteiger partial charge in [0.05, 0.1) is 40.0 Å². The molecule has 4 nitrogen and oxygen atoms in total. The second kappa shape index (κ2) is 12.6. The number of benzene rings is 6. The molecule has 0 spiro atoms. The molecule has 0 atom stereocenters. The molecular formula is C46H32N4. The molecule has 0 aliphatic rings.